The Kier molecular flexibility index (Phi) is 5.30. The van der Waals surface area contributed by atoms with Crippen LogP contribution in [0.25, 0.3) is 0 Å². The van der Waals surface area contributed by atoms with Gasteiger partial charge in [-0.15, -0.1) is 0 Å². The van der Waals surface area contributed by atoms with Gasteiger partial charge < -0.3 is 0 Å². The molecule has 1 aliphatic rings. The van der Waals surface area contributed by atoms with E-state index in [1.807, 2.05) is 0 Å². The molecule has 1 atom stereocenters. The molecule has 0 radical (unpaired) electrons. The summed E-state index contributed by atoms with van der Waals surface area (Å²) in [6.45, 7) is 5.70. The van der Waals surface area contributed by atoms with Crippen LogP contribution in [0.1, 0.15) is 40.7 Å². The fourth-order valence-corrected chi connectivity index (χ4v) is 3.73. The van der Waals surface area contributed by atoms with Gasteiger partial charge in [0, 0.05) is 6.42 Å². The van der Waals surface area contributed by atoms with Gasteiger partial charge in [0.15, 0.2) is 5.78 Å². The number of benzene rings is 2. The molecule has 1 nitrogen and oxygen atoms in total. The average Bonchev–Trinajstić information content (AvgIpc) is 3.00. The number of fused-ring (bicyclic) bond motifs is 1. The molecule has 0 amide bonds. The zero-order valence-corrected chi connectivity index (χ0v) is 14.6. The van der Waals surface area contributed by atoms with Gasteiger partial charge in [0.25, 0.3) is 0 Å². The van der Waals surface area contributed by atoms with Crippen LogP contribution in [0.2, 0.25) is 0 Å². The highest BCUT2D eigenvalue weighted by atomic mass is 16.1. The third-order valence-electron chi connectivity index (χ3n) is 5.10. The number of hydrogen-bond acceptors (Lipinski definition) is 1. The average molecular weight is 318 g/mol. The Morgan fingerprint density at radius 1 is 1.08 bits per heavy atom. The summed E-state index contributed by atoms with van der Waals surface area (Å²) in [5.41, 5.74) is 7.08. The van der Waals surface area contributed by atoms with Crippen molar-refractivity contribution in [1.29, 1.82) is 0 Å². The molecule has 124 valence electrons. The predicted octanol–water partition coefficient (Wildman–Crippen LogP) is 5.03. The first-order valence-electron chi connectivity index (χ1n) is 8.95. The maximum Gasteiger partial charge on any atom is 0.155 e. The number of carbonyl (C=O) groups excluding carboxylic acids is 1. The van der Waals surface area contributed by atoms with E-state index < -0.39 is 0 Å². The van der Waals surface area contributed by atoms with Gasteiger partial charge in [-0.3, -0.25) is 4.79 Å². The molecule has 0 N–H and O–H groups in total. The van der Waals surface area contributed by atoms with Crippen molar-refractivity contribution in [3.63, 3.8) is 0 Å². The van der Waals surface area contributed by atoms with E-state index >= 15 is 0 Å². The Hall–Kier alpha value is -2.15. The lowest BCUT2D eigenvalue weighted by atomic mass is 9.96. The molecule has 2 aromatic rings. The summed E-state index contributed by atoms with van der Waals surface area (Å²) in [6.07, 6.45) is 7.63. The molecule has 0 saturated carbocycles. The minimum Gasteiger partial charge on any atom is -0.295 e. The molecule has 0 saturated heterocycles. The molecular weight excluding hydrogens is 292 g/mol. The van der Waals surface area contributed by atoms with Gasteiger partial charge in [0.2, 0.25) is 0 Å². The highest BCUT2D eigenvalue weighted by molar-refractivity contribution is 5.89. The summed E-state index contributed by atoms with van der Waals surface area (Å²) >= 11 is 0. The molecule has 24 heavy (non-hydrogen) atoms. The summed E-state index contributed by atoms with van der Waals surface area (Å²) in [6, 6.07) is 15.6. The Labute approximate surface area is 145 Å². The minimum atomic E-state index is 0.131. The molecule has 1 unspecified atom stereocenters. The standard InChI is InChI=1S/C23H26O/c1-3-23(24)12-10-19-9-11-21-15-20(16-22(21)14-19)8-7-18-6-4-5-17(2)13-18/h3-6,9,11,13-14,20H,1,7-8,10,12,15-16H2,2H3. The van der Waals surface area contributed by atoms with E-state index in [0.717, 1.165) is 12.3 Å². The van der Waals surface area contributed by atoms with E-state index in [0.29, 0.717) is 6.42 Å². The first-order valence-corrected chi connectivity index (χ1v) is 8.95. The number of hydrogen-bond donors (Lipinski definition) is 0. The summed E-state index contributed by atoms with van der Waals surface area (Å²) < 4.78 is 0. The van der Waals surface area contributed by atoms with E-state index in [2.05, 4.69) is 56.0 Å². The van der Waals surface area contributed by atoms with Gasteiger partial charge in [0.05, 0.1) is 0 Å². The van der Waals surface area contributed by atoms with Gasteiger partial charge in [-0.25, -0.2) is 0 Å². The molecule has 0 aliphatic heterocycles. The van der Waals surface area contributed by atoms with Crippen LogP contribution in [-0.4, -0.2) is 5.78 Å². The Balaban J connectivity index is 1.56. The van der Waals surface area contributed by atoms with Crippen molar-refractivity contribution in [3.05, 3.63) is 82.9 Å². The largest absolute Gasteiger partial charge is 0.295 e. The van der Waals surface area contributed by atoms with E-state index in [-0.39, 0.29) is 5.78 Å². The van der Waals surface area contributed by atoms with Crippen molar-refractivity contribution in [2.75, 3.05) is 0 Å². The fraction of sp³-hybridized carbons (Fsp3) is 0.348. The van der Waals surface area contributed by atoms with Crippen molar-refractivity contribution in [1.82, 2.24) is 0 Å². The van der Waals surface area contributed by atoms with Crippen molar-refractivity contribution in [3.8, 4) is 0 Å². The first-order chi connectivity index (χ1) is 11.6. The monoisotopic (exact) mass is 318 g/mol. The number of ketones is 1. The smallest absolute Gasteiger partial charge is 0.155 e. The molecule has 0 aromatic heterocycles. The first kappa shape index (κ1) is 16.7. The van der Waals surface area contributed by atoms with Crippen molar-refractivity contribution < 1.29 is 4.79 Å². The lowest BCUT2D eigenvalue weighted by Crippen LogP contribution is -2.01. The molecular formula is C23H26O. The van der Waals surface area contributed by atoms with Crippen LogP contribution in [0.15, 0.2) is 55.1 Å². The lowest BCUT2D eigenvalue weighted by molar-refractivity contribution is -0.114. The summed E-state index contributed by atoms with van der Waals surface area (Å²) in [5.74, 6) is 0.886. The van der Waals surface area contributed by atoms with Crippen LogP contribution in [0.5, 0.6) is 0 Å². The second kappa shape index (κ2) is 7.61. The third kappa shape index (κ3) is 4.23. The van der Waals surface area contributed by atoms with Crippen LogP contribution < -0.4 is 0 Å². The highest BCUT2D eigenvalue weighted by Gasteiger charge is 2.21. The predicted molar refractivity (Wildman–Crippen MR) is 100 cm³/mol. The van der Waals surface area contributed by atoms with Crippen LogP contribution in [-0.2, 0) is 30.5 Å². The van der Waals surface area contributed by atoms with Crippen LogP contribution >= 0.6 is 0 Å². The number of carbonyl (C=O) groups is 1. The number of allylic oxidation sites excluding steroid dienone is 1. The second-order valence-electron chi connectivity index (χ2n) is 7.08. The molecule has 1 aliphatic carbocycles. The number of rotatable bonds is 7. The molecule has 0 heterocycles. The van der Waals surface area contributed by atoms with Crippen LogP contribution in [0.4, 0.5) is 0 Å². The molecule has 2 aromatic carbocycles. The maximum atomic E-state index is 11.4. The van der Waals surface area contributed by atoms with Crippen molar-refractivity contribution >= 4 is 5.78 Å². The molecule has 0 spiro atoms. The summed E-state index contributed by atoms with van der Waals surface area (Å²) in [5, 5.41) is 0. The zero-order valence-electron chi connectivity index (χ0n) is 14.6. The third-order valence-corrected chi connectivity index (χ3v) is 5.10. The van der Waals surface area contributed by atoms with Gasteiger partial charge in [0.1, 0.15) is 0 Å². The maximum absolute atomic E-state index is 11.4. The fourth-order valence-electron chi connectivity index (χ4n) is 3.73. The topological polar surface area (TPSA) is 17.1 Å². The van der Waals surface area contributed by atoms with Crippen molar-refractivity contribution in [2.45, 2.75) is 45.4 Å². The van der Waals surface area contributed by atoms with E-state index in [1.54, 1.807) is 0 Å². The lowest BCUT2D eigenvalue weighted by Gasteiger charge is -2.09. The van der Waals surface area contributed by atoms with Crippen LogP contribution in [0.3, 0.4) is 0 Å². The van der Waals surface area contributed by atoms with Crippen molar-refractivity contribution in [2.24, 2.45) is 5.92 Å². The Morgan fingerprint density at radius 2 is 1.88 bits per heavy atom. The van der Waals surface area contributed by atoms with Gasteiger partial charge in [-0.05, 0) is 73.3 Å². The molecule has 0 bridgehead atoms. The molecule has 1 heteroatoms. The number of aryl methyl sites for hydroxylation is 3. The van der Waals surface area contributed by atoms with E-state index in [4.69, 9.17) is 0 Å². The molecule has 3 rings (SSSR count). The van der Waals surface area contributed by atoms with Gasteiger partial charge in [-0.1, -0.05) is 54.6 Å². The van der Waals surface area contributed by atoms with E-state index in [9.17, 15) is 4.79 Å². The van der Waals surface area contributed by atoms with Crippen LogP contribution in [0, 0.1) is 12.8 Å². The second-order valence-corrected chi connectivity index (χ2v) is 7.08. The Bertz CT molecular complexity index is 741. The van der Waals surface area contributed by atoms with E-state index in [1.165, 1.54) is 59.6 Å². The van der Waals surface area contributed by atoms with Gasteiger partial charge in [-0.2, -0.15) is 0 Å². The highest BCUT2D eigenvalue weighted by Crippen LogP contribution is 2.30. The molecule has 0 fully saturated rings. The van der Waals surface area contributed by atoms with Gasteiger partial charge >= 0.3 is 0 Å². The Morgan fingerprint density at radius 3 is 2.67 bits per heavy atom. The normalized spacial score (nSPS) is 16.0. The summed E-state index contributed by atoms with van der Waals surface area (Å²) in [4.78, 5) is 11.4. The zero-order chi connectivity index (χ0) is 16.9. The minimum absolute atomic E-state index is 0.131. The quantitative estimate of drug-likeness (QED) is 0.654. The SMILES string of the molecule is C=CC(=O)CCc1ccc2c(c1)CC(CCc1cccc(C)c1)C2. The summed E-state index contributed by atoms with van der Waals surface area (Å²) in [7, 11) is 0.